The van der Waals surface area contributed by atoms with Crippen LogP contribution in [0.3, 0.4) is 0 Å². The van der Waals surface area contributed by atoms with Crippen LogP contribution in [0.5, 0.6) is 0 Å². The van der Waals surface area contributed by atoms with Gasteiger partial charge in [-0.3, -0.25) is 0 Å². The van der Waals surface area contributed by atoms with E-state index in [0.29, 0.717) is 57.0 Å². The lowest BCUT2D eigenvalue weighted by atomic mass is 10.1. The lowest BCUT2D eigenvalue weighted by Crippen LogP contribution is -2.71. The Balaban J connectivity index is 0.000000110. The molecule has 418 valence electrons. The third-order valence-electron chi connectivity index (χ3n) is 18.0. The van der Waals surface area contributed by atoms with E-state index in [1.54, 1.807) is 24.3 Å². The summed E-state index contributed by atoms with van der Waals surface area (Å²) in [5, 5.41) is 25.1. The van der Waals surface area contributed by atoms with Crippen LogP contribution < -0.4 is 11.0 Å². The molecular formula is C73H38N18+2. The van der Waals surface area contributed by atoms with Crippen LogP contribution in [0.1, 0.15) is 33.4 Å². The molecule has 0 saturated heterocycles. The molecule has 14 aromatic rings. The SMILES string of the molecule is N#Cc1ccccc1C#N.c1ccc2c(c1)-c1nc-2nc2[nH]c(nc3nc(nc4[nH]c(n1)c1ccccc41)-c1ccccc1-3)c1ccccc21.c1ccc2c(c1)C1=Nc3c4ccccc4c4n3C35n6c(c7ccccc7c6=NC6=[N+]3C(=N4)c3ccccc36)=NC2=[N+]15. The number of nitrogens with zero attached hydrogens (tertiary/aromatic N) is 16. The van der Waals surface area contributed by atoms with Gasteiger partial charge in [-0.25, -0.2) is 29.9 Å². The van der Waals surface area contributed by atoms with Crippen LogP contribution in [-0.2, 0) is 5.91 Å². The molecule has 0 atom stereocenters. The van der Waals surface area contributed by atoms with Gasteiger partial charge in [-0.05, 0) is 60.7 Å². The van der Waals surface area contributed by atoms with Crippen LogP contribution in [0, 0.1) is 22.7 Å². The molecule has 8 aliphatic rings. The van der Waals surface area contributed by atoms with Gasteiger partial charge in [0.25, 0.3) is 23.3 Å². The second-order valence-corrected chi connectivity index (χ2v) is 22.7. The van der Waals surface area contributed by atoms with Gasteiger partial charge in [0.1, 0.15) is 34.7 Å². The van der Waals surface area contributed by atoms with E-state index in [0.717, 1.165) is 134 Å². The number of nitrogens with one attached hydrogen (secondary N) is 2. The Morgan fingerprint density at radius 1 is 0.308 bits per heavy atom. The maximum Gasteiger partial charge on any atom is 0.404 e. The highest BCUT2D eigenvalue weighted by molar-refractivity contribution is 6.20. The van der Waals surface area contributed by atoms with Crippen LogP contribution >= 0.6 is 0 Å². The molecule has 8 bridgehead atoms. The Morgan fingerprint density at radius 2 is 0.604 bits per heavy atom. The Kier molecular flexibility index (Phi) is 9.61. The molecule has 5 aromatic heterocycles. The predicted molar refractivity (Wildman–Crippen MR) is 346 cm³/mol. The monoisotopic (exact) mass is 1170 g/mol. The summed E-state index contributed by atoms with van der Waals surface area (Å²) in [7, 11) is 0. The van der Waals surface area contributed by atoms with E-state index >= 15 is 0 Å². The number of aromatic amines is 2. The third kappa shape index (κ3) is 6.44. The Bertz CT molecular complexity index is 5800. The second kappa shape index (κ2) is 17.9. The topological polar surface area (TPSA) is 222 Å². The molecule has 0 aliphatic carbocycles. The minimum atomic E-state index is -0.923. The summed E-state index contributed by atoms with van der Waals surface area (Å²) in [6.45, 7) is 0. The van der Waals surface area contributed by atoms with E-state index in [4.69, 9.17) is 60.4 Å². The van der Waals surface area contributed by atoms with Crippen molar-refractivity contribution in [3.8, 4) is 57.7 Å². The highest BCUT2D eigenvalue weighted by Gasteiger charge is 2.69. The van der Waals surface area contributed by atoms with E-state index in [1.165, 1.54) is 0 Å². The lowest BCUT2D eigenvalue weighted by molar-refractivity contribution is -0.790. The number of hydrogen-bond donors (Lipinski definition) is 2. The molecule has 9 aromatic carbocycles. The Morgan fingerprint density at radius 3 is 0.956 bits per heavy atom. The summed E-state index contributed by atoms with van der Waals surface area (Å²) in [6.07, 6.45) is 0. The predicted octanol–water partition coefficient (Wildman–Crippen LogP) is 12.0. The van der Waals surface area contributed by atoms with Gasteiger partial charge < -0.3 is 9.97 Å². The summed E-state index contributed by atoms with van der Waals surface area (Å²) >= 11 is 0. The summed E-state index contributed by atoms with van der Waals surface area (Å²) in [5.41, 5.74) is 13.4. The number of aromatic nitrogens is 10. The standard InChI is InChI=1S/C33H16N8.C32H18N8.C8H4N2/c1-2-10-18-17(9-1)25-34-27-19-11-3-4-12-20(19)29-36-31-23-15-7-8-16-24(23)32-37-30-22-14-6-5-13-21(22)28-35-26(18)38(25)33(39(27)29,40(28)30)41(31)32;1-2-10-18-17(9-1)25-33-26(18)38-28-21-13-5-6-14-22(21)30(35-28)40-32-24-16-8-7-15-23(24)31(36-32)39-29-20-12-4-3-11-19(20)27(34-29)37-25;9-5-7-3-1-2-4-8(7)6-10/h1-16H;1-16H,(H2,33,34,35,36,37,38,39,40);1-4H/q+2;;. The van der Waals surface area contributed by atoms with Crippen LogP contribution in [0.25, 0.3) is 111 Å². The van der Waals surface area contributed by atoms with Gasteiger partial charge in [0.05, 0.1) is 33.4 Å². The van der Waals surface area contributed by atoms with Crippen molar-refractivity contribution in [2.75, 3.05) is 0 Å². The highest BCUT2D eigenvalue weighted by atomic mass is 15.7. The number of hydrogen-bond acceptors (Lipinski definition) is 12. The molecule has 91 heavy (non-hydrogen) atoms. The molecule has 0 amide bonds. The first-order chi connectivity index (χ1) is 45.0. The number of H-pyrrole nitrogens is 2. The molecule has 0 unspecified atom stereocenters. The van der Waals surface area contributed by atoms with Crippen molar-refractivity contribution >= 4 is 101 Å². The van der Waals surface area contributed by atoms with Gasteiger partial charge >= 0.3 is 5.91 Å². The third-order valence-corrected chi connectivity index (χ3v) is 18.0. The molecule has 18 nitrogen and oxygen atoms in total. The fourth-order valence-electron chi connectivity index (χ4n) is 14.1. The molecule has 22 rings (SSSR count). The number of amidine groups is 4. The molecule has 0 fully saturated rings. The van der Waals surface area contributed by atoms with Gasteiger partial charge in [0, 0.05) is 65.3 Å². The average molecular weight is 1170 g/mol. The van der Waals surface area contributed by atoms with Crippen molar-refractivity contribution in [3.05, 3.63) is 263 Å². The first kappa shape index (κ1) is 48.9. The fraction of sp³-hybridized carbons (Fsp3) is 0.0137. The molecule has 0 saturated carbocycles. The summed E-state index contributed by atoms with van der Waals surface area (Å²) in [5.74, 6) is 6.85. The maximum absolute atomic E-state index is 8.45. The van der Waals surface area contributed by atoms with Crippen LogP contribution in [-0.4, -0.2) is 81.5 Å². The van der Waals surface area contributed by atoms with E-state index in [2.05, 4.69) is 125 Å². The van der Waals surface area contributed by atoms with Crippen molar-refractivity contribution in [1.82, 2.24) is 49.0 Å². The first-order valence-electron chi connectivity index (χ1n) is 29.5. The second-order valence-electron chi connectivity index (χ2n) is 22.7. The zero-order valence-corrected chi connectivity index (χ0v) is 47.4. The molecule has 1 spiro atoms. The number of aliphatic imine (C=N–C) groups is 2. The van der Waals surface area contributed by atoms with E-state index in [-0.39, 0.29) is 0 Å². The lowest BCUT2D eigenvalue weighted by Gasteiger charge is -2.40. The number of fused-ring (bicyclic) bond motifs is 32. The molecule has 13 heterocycles. The minimum Gasteiger partial charge on any atom is -0.324 e. The summed E-state index contributed by atoms with van der Waals surface area (Å²) in [6, 6.07) is 76.8. The molecule has 0 radical (unpaired) electrons. The highest BCUT2D eigenvalue weighted by Crippen LogP contribution is 2.53. The number of rotatable bonds is 0. The normalized spacial score (nSPS) is 14.4. The van der Waals surface area contributed by atoms with Crippen molar-refractivity contribution in [1.29, 1.82) is 10.5 Å². The molecule has 8 aliphatic heterocycles. The van der Waals surface area contributed by atoms with Crippen LogP contribution in [0.15, 0.2) is 238 Å². The maximum atomic E-state index is 8.45. The largest absolute Gasteiger partial charge is 0.404 e. The van der Waals surface area contributed by atoms with Gasteiger partial charge in [-0.1, -0.05) is 178 Å². The van der Waals surface area contributed by atoms with Gasteiger partial charge in [0.2, 0.25) is 22.6 Å². The molecule has 18 heteroatoms. The van der Waals surface area contributed by atoms with Crippen LogP contribution in [0.2, 0.25) is 0 Å². The summed E-state index contributed by atoms with van der Waals surface area (Å²) in [4.78, 5) is 58.4. The van der Waals surface area contributed by atoms with Gasteiger partial charge in [0.15, 0.2) is 23.3 Å². The van der Waals surface area contributed by atoms with Crippen molar-refractivity contribution < 1.29 is 9.15 Å². The van der Waals surface area contributed by atoms with E-state index in [1.807, 2.05) is 109 Å². The molecular weight excluding hydrogens is 1130 g/mol. The number of nitriles is 2. The van der Waals surface area contributed by atoms with Gasteiger partial charge in [-0.2, -0.15) is 19.7 Å². The smallest absolute Gasteiger partial charge is 0.324 e. The van der Waals surface area contributed by atoms with E-state index in [9.17, 15) is 0 Å². The minimum absolute atomic E-state index is 0.435. The van der Waals surface area contributed by atoms with E-state index < -0.39 is 5.91 Å². The number of benzene rings is 9. The summed E-state index contributed by atoms with van der Waals surface area (Å²) < 4.78 is 9.32. The Hall–Kier alpha value is -13.3. The Labute approximate surface area is 513 Å². The average Bonchev–Trinajstić information content (AvgIpc) is 1.49. The van der Waals surface area contributed by atoms with Crippen LogP contribution in [0.4, 0.5) is 11.6 Å². The van der Waals surface area contributed by atoms with Crippen molar-refractivity contribution in [2.45, 2.75) is 5.91 Å². The van der Waals surface area contributed by atoms with Crippen molar-refractivity contribution in [2.24, 2.45) is 20.0 Å². The zero-order chi connectivity index (χ0) is 59.8. The van der Waals surface area contributed by atoms with Crippen molar-refractivity contribution in [3.63, 3.8) is 0 Å². The van der Waals surface area contributed by atoms with Gasteiger partial charge in [-0.15, -0.1) is 9.15 Å². The quantitative estimate of drug-likeness (QED) is 0.139. The fourth-order valence-corrected chi connectivity index (χ4v) is 14.1. The first-order valence-corrected chi connectivity index (χ1v) is 29.5. The zero-order valence-electron chi connectivity index (χ0n) is 47.4. The molecule has 2 N–H and O–H groups in total.